The Balaban J connectivity index is 2.34. The molecule has 3 rings (SSSR count). The lowest BCUT2D eigenvalue weighted by molar-refractivity contribution is 0.629. The van der Waals surface area contributed by atoms with Gasteiger partial charge in [-0.15, -0.1) is 11.8 Å². The van der Waals surface area contributed by atoms with E-state index in [1.54, 1.807) is 17.8 Å². The average Bonchev–Trinajstić information content (AvgIpc) is 2.29. The second kappa shape index (κ2) is 3.63. The van der Waals surface area contributed by atoms with Crippen LogP contribution in [0.15, 0.2) is 23.1 Å². The van der Waals surface area contributed by atoms with Crippen molar-refractivity contribution in [2.75, 3.05) is 11.5 Å². The van der Waals surface area contributed by atoms with Gasteiger partial charge in [0.2, 0.25) is 0 Å². The summed E-state index contributed by atoms with van der Waals surface area (Å²) in [6.45, 7) is 0. The van der Waals surface area contributed by atoms with Crippen LogP contribution < -0.4 is 5.73 Å². The van der Waals surface area contributed by atoms with Crippen LogP contribution in [-0.2, 0) is 6.42 Å². The summed E-state index contributed by atoms with van der Waals surface area (Å²) in [5, 5.41) is 0.856. The number of fused-ring (bicyclic) bond motifs is 2. The van der Waals surface area contributed by atoms with Crippen LogP contribution in [0.2, 0.25) is 0 Å². The molecule has 2 nitrogen and oxygen atoms in total. The quantitative estimate of drug-likeness (QED) is 0.761. The molecule has 1 aromatic carbocycles. The van der Waals surface area contributed by atoms with E-state index in [2.05, 4.69) is 4.98 Å². The first-order chi connectivity index (χ1) is 7.75. The van der Waals surface area contributed by atoms with Crippen LogP contribution in [0, 0.1) is 5.82 Å². The molecule has 0 spiro atoms. The van der Waals surface area contributed by atoms with Gasteiger partial charge in [0.25, 0.3) is 0 Å². The molecule has 0 saturated carbocycles. The maximum Gasteiger partial charge on any atom is 0.125 e. The molecule has 2 heterocycles. The van der Waals surface area contributed by atoms with Gasteiger partial charge < -0.3 is 5.73 Å². The number of aromatic nitrogens is 1. The molecule has 0 atom stereocenters. The van der Waals surface area contributed by atoms with Crippen LogP contribution >= 0.6 is 11.8 Å². The summed E-state index contributed by atoms with van der Waals surface area (Å²) >= 11 is 1.75. The van der Waals surface area contributed by atoms with Crippen LogP contribution in [0.25, 0.3) is 10.9 Å². The molecule has 82 valence electrons. The summed E-state index contributed by atoms with van der Waals surface area (Å²) in [7, 11) is 0. The van der Waals surface area contributed by atoms with E-state index >= 15 is 0 Å². The Bertz CT molecular complexity index is 568. The monoisotopic (exact) mass is 234 g/mol. The van der Waals surface area contributed by atoms with Gasteiger partial charge in [-0.05, 0) is 30.7 Å². The third kappa shape index (κ3) is 1.45. The van der Waals surface area contributed by atoms with E-state index < -0.39 is 0 Å². The molecule has 0 unspecified atom stereocenters. The fourth-order valence-corrected chi connectivity index (χ4v) is 3.12. The van der Waals surface area contributed by atoms with Crippen molar-refractivity contribution in [3.05, 3.63) is 29.7 Å². The van der Waals surface area contributed by atoms with Crippen molar-refractivity contribution in [2.24, 2.45) is 0 Å². The number of hydrogen-bond acceptors (Lipinski definition) is 3. The Hall–Kier alpha value is -1.29. The molecule has 0 fully saturated rings. The molecule has 2 N–H and O–H groups in total. The minimum Gasteiger partial charge on any atom is -0.397 e. The zero-order valence-corrected chi connectivity index (χ0v) is 9.48. The molecule has 1 aromatic heterocycles. The number of thioether (sulfide) groups is 1. The van der Waals surface area contributed by atoms with E-state index in [1.807, 2.05) is 0 Å². The van der Waals surface area contributed by atoms with Crippen LogP contribution in [0.3, 0.4) is 0 Å². The largest absolute Gasteiger partial charge is 0.397 e. The van der Waals surface area contributed by atoms with Gasteiger partial charge in [0.1, 0.15) is 5.82 Å². The third-order valence-electron chi connectivity index (χ3n) is 2.82. The minimum absolute atomic E-state index is 0.261. The van der Waals surface area contributed by atoms with E-state index in [0.717, 1.165) is 40.3 Å². The van der Waals surface area contributed by atoms with Crippen molar-refractivity contribution in [2.45, 2.75) is 17.7 Å². The van der Waals surface area contributed by atoms with E-state index in [4.69, 9.17) is 5.73 Å². The number of nitrogen functional groups attached to an aromatic ring is 1. The standard InChI is InChI=1S/C12H11FN2S/c13-7-3-4-8-10(6-7)15-9-2-1-5-16-12(9)11(8)14/h3-4,6H,1-2,5H2,(H2,14,15). The minimum atomic E-state index is -0.261. The molecule has 0 bridgehead atoms. The van der Waals surface area contributed by atoms with E-state index in [-0.39, 0.29) is 5.82 Å². The number of nitrogens with zero attached hydrogens (tertiary/aromatic N) is 1. The van der Waals surface area contributed by atoms with E-state index in [1.165, 1.54) is 12.1 Å². The molecule has 0 radical (unpaired) electrons. The first-order valence-electron chi connectivity index (χ1n) is 5.26. The highest BCUT2D eigenvalue weighted by atomic mass is 32.2. The highest BCUT2D eigenvalue weighted by molar-refractivity contribution is 7.99. The molecule has 1 aliphatic rings. The smallest absolute Gasteiger partial charge is 0.125 e. The van der Waals surface area contributed by atoms with Gasteiger partial charge in [-0.25, -0.2) is 4.39 Å². The van der Waals surface area contributed by atoms with Gasteiger partial charge in [0.15, 0.2) is 0 Å². The van der Waals surface area contributed by atoms with E-state index in [9.17, 15) is 4.39 Å². The summed E-state index contributed by atoms with van der Waals surface area (Å²) in [6.07, 6.45) is 2.06. The van der Waals surface area contributed by atoms with Crippen LogP contribution in [0.1, 0.15) is 12.1 Å². The molecule has 4 heteroatoms. The number of hydrogen-bond donors (Lipinski definition) is 1. The Morgan fingerprint density at radius 2 is 2.25 bits per heavy atom. The van der Waals surface area contributed by atoms with Crippen molar-refractivity contribution in [1.82, 2.24) is 4.98 Å². The van der Waals surface area contributed by atoms with Gasteiger partial charge in [0.05, 0.1) is 21.8 Å². The lowest BCUT2D eigenvalue weighted by atomic mass is 10.1. The number of anilines is 1. The number of halogens is 1. The Kier molecular flexibility index (Phi) is 2.24. The summed E-state index contributed by atoms with van der Waals surface area (Å²) in [4.78, 5) is 5.58. The fraction of sp³-hybridized carbons (Fsp3) is 0.250. The number of nitrogens with two attached hydrogens (primary N) is 1. The maximum atomic E-state index is 13.1. The van der Waals surface area contributed by atoms with Gasteiger partial charge >= 0.3 is 0 Å². The zero-order chi connectivity index (χ0) is 11.1. The first-order valence-corrected chi connectivity index (χ1v) is 6.24. The van der Waals surface area contributed by atoms with Crippen LogP contribution in [0.5, 0.6) is 0 Å². The van der Waals surface area contributed by atoms with Crippen molar-refractivity contribution in [3.63, 3.8) is 0 Å². The highest BCUT2D eigenvalue weighted by Crippen LogP contribution is 2.37. The second-order valence-electron chi connectivity index (χ2n) is 3.91. The number of rotatable bonds is 0. The topological polar surface area (TPSA) is 38.9 Å². The number of aryl methyl sites for hydroxylation is 1. The molecular weight excluding hydrogens is 223 g/mol. The lowest BCUT2D eigenvalue weighted by Gasteiger charge is -2.17. The van der Waals surface area contributed by atoms with Gasteiger partial charge in [-0.1, -0.05) is 0 Å². The molecule has 0 aliphatic carbocycles. The van der Waals surface area contributed by atoms with Crippen LogP contribution in [-0.4, -0.2) is 10.7 Å². The van der Waals surface area contributed by atoms with Crippen molar-refractivity contribution < 1.29 is 4.39 Å². The normalized spacial score (nSPS) is 15.1. The third-order valence-corrected chi connectivity index (χ3v) is 4.05. The Labute approximate surface area is 97.1 Å². The summed E-state index contributed by atoms with van der Waals surface area (Å²) in [6, 6.07) is 4.59. The maximum absolute atomic E-state index is 13.1. The molecule has 16 heavy (non-hydrogen) atoms. The summed E-state index contributed by atoms with van der Waals surface area (Å²) in [5.41, 5.74) is 8.55. The first kappa shape index (κ1) is 9.90. The van der Waals surface area contributed by atoms with Gasteiger partial charge in [0, 0.05) is 11.5 Å². The molecule has 0 amide bonds. The molecule has 1 aliphatic heterocycles. The van der Waals surface area contributed by atoms with Crippen molar-refractivity contribution >= 4 is 28.4 Å². The second-order valence-corrected chi connectivity index (χ2v) is 5.02. The van der Waals surface area contributed by atoms with Gasteiger partial charge in [-0.2, -0.15) is 0 Å². The molecule has 0 saturated heterocycles. The predicted octanol–water partition coefficient (Wildman–Crippen LogP) is 2.99. The predicted molar refractivity (Wildman–Crippen MR) is 65.2 cm³/mol. The average molecular weight is 234 g/mol. The van der Waals surface area contributed by atoms with E-state index in [0.29, 0.717) is 5.52 Å². The van der Waals surface area contributed by atoms with Crippen LogP contribution in [0.4, 0.5) is 10.1 Å². The van der Waals surface area contributed by atoms with Crippen molar-refractivity contribution in [1.29, 1.82) is 0 Å². The highest BCUT2D eigenvalue weighted by Gasteiger charge is 2.16. The zero-order valence-electron chi connectivity index (χ0n) is 8.66. The Morgan fingerprint density at radius 3 is 3.12 bits per heavy atom. The number of benzene rings is 1. The molecule has 2 aromatic rings. The summed E-state index contributed by atoms with van der Waals surface area (Å²) < 4.78 is 13.1. The molecular formula is C12H11FN2S. The fourth-order valence-electron chi connectivity index (χ4n) is 2.04. The summed E-state index contributed by atoms with van der Waals surface area (Å²) in [5.74, 6) is 0.828. The Morgan fingerprint density at radius 1 is 1.38 bits per heavy atom. The van der Waals surface area contributed by atoms with Gasteiger partial charge in [-0.3, -0.25) is 4.98 Å². The SMILES string of the molecule is Nc1c2c(nc3cc(F)ccc13)CCCS2. The lowest BCUT2D eigenvalue weighted by Crippen LogP contribution is -2.05. The number of pyridine rings is 1. The van der Waals surface area contributed by atoms with Crippen molar-refractivity contribution in [3.8, 4) is 0 Å².